The summed E-state index contributed by atoms with van der Waals surface area (Å²) in [6.45, 7) is -0.0776. The molecule has 0 aliphatic rings. The van der Waals surface area contributed by atoms with Crippen LogP contribution in [0.25, 0.3) is 0 Å². The highest BCUT2D eigenvalue weighted by molar-refractivity contribution is 7.98. The first-order valence-corrected chi connectivity index (χ1v) is 14.1. The van der Waals surface area contributed by atoms with Crippen LogP contribution in [0.4, 0.5) is 5.69 Å². The fourth-order valence-electron chi connectivity index (χ4n) is 2.99. The van der Waals surface area contributed by atoms with Gasteiger partial charge in [0, 0.05) is 38.1 Å². The molecule has 0 spiro atoms. The van der Waals surface area contributed by atoms with E-state index in [4.69, 9.17) is 46.4 Å². The Balaban J connectivity index is 1.65. The highest BCUT2D eigenvalue weighted by Crippen LogP contribution is 2.29. The lowest BCUT2D eigenvalue weighted by Gasteiger charge is -2.24. The summed E-state index contributed by atoms with van der Waals surface area (Å²) < 4.78 is 27.6. The molecule has 0 heterocycles. The quantitative estimate of drug-likeness (QED) is 0.278. The molecule has 0 saturated carbocycles. The Morgan fingerprint density at radius 2 is 1.56 bits per heavy atom. The van der Waals surface area contributed by atoms with E-state index in [0.717, 1.165) is 9.87 Å². The maximum atomic E-state index is 13.3. The summed E-state index contributed by atoms with van der Waals surface area (Å²) in [4.78, 5) is 12.7. The fraction of sp³-hybridized carbons (Fsp3) is 0.174. The van der Waals surface area contributed by atoms with Crippen molar-refractivity contribution < 1.29 is 13.2 Å². The Morgan fingerprint density at radius 3 is 2.21 bits per heavy atom. The van der Waals surface area contributed by atoms with Crippen molar-refractivity contribution in [1.29, 1.82) is 0 Å². The largest absolute Gasteiger partial charge is 0.354 e. The van der Waals surface area contributed by atoms with Crippen LogP contribution in [0.2, 0.25) is 20.1 Å². The summed E-state index contributed by atoms with van der Waals surface area (Å²) in [5.41, 5.74) is 1.14. The van der Waals surface area contributed by atoms with Gasteiger partial charge in [-0.25, -0.2) is 8.42 Å². The zero-order valence-corrected chi connectivity index (χ0v) is 22.3. The Bertz CT molecular complexity index is 1240. The van der Waals surface area contributed by atoms with E-state index in [2.05, 4.69) is 5.32 Å². The van der Waals surface area contributed by atoms with Gasteiger partial charge in [0.25, 0.3) is 10.0 Å². The molecule has 0 radical (unpaired) electrons. The molecule has 0 atom stereocenters. The van der Waals surface area contributed by atoms with Crippen LogP contribution in [0.15, 0.2) is 71.6 Å². The lowest BCUT2D eigenvalue weighted by atomic mass is 10.2. The second-order valence-electron chi connectivity index (χ2n) is 7.09. The molecule has 3 aromatic rings. The van der Waals surface area contributed by atoms with Crippen molar-refractivity contribution in [3.8, 4) is 0 Å². The summed E-state index contributed by atoms with van der Waals surface area (Å²) in [6.07, 6.45) is 0. The van der Waals surface area contributed by atoms with Crippen LogP contribution in [0, 0.1) is 0 Å². The minimum absolute atomic E-state index is 0.0503. The number of carbonyl (C=O) groups excluding carboxylic acids is 1. The molecule has 3 aromatic carbocycles. The molecular weight excluding hydrogens is 558 g/mol. The van der Waals surface area contributed by atoms with Gasteiger partial charge in [0.1, 0.15) is 6.54 Å². The van der Waals surface area contributed by atoms with Gasteiger partial charge in [0.15, 0.2) is 0 Å². The number of halogens is 4. The van der Waals surface area contributed by atoms with E-state index in [9.17, 15) is 13.2 Å². The number of nitrogens with one attached hydrogen (secondary N) is 1. The minimum atomic E-state index is -4.04. The smallest absolute Gasteiger partial charge is 0.264 e. The average molecular weight is 578 g/mol. The molecular formula is C23H20Cl4N2O3S2. The number of anilines is 1. The maximum absolute atomic E-state index is 13.3. The van der Waals surface area contributed by atoms with E-state index in [-0.39, 0.29) is 20.6 Å². The normalized spacial score (nSPS) is 11.3. The average Bonchev–Trinajstić information content (AvgIpc) is 2.78. The number of carbonyl (C=O) groups is 1. The van der Waals surface area contributed by atoms with Gasteiger partial charge in [-0.15, -0.1) is 0 Å². The number of hydrogen-bond acceptors (Lipinski definition) is 4. The van der Waals surface area contributed by atoms with E-state index >= 15 is 0 Å². The van der Waals surface area contributed by atoms with Gasteiger partial charge < -0.3 is 5.32 Å². The van der Waals surface area contributed by atoms with E-state index < -0.39 is 22.5 Å². The van der Waals surface area contributed by atoms with Crippen molar-refractivity contribution in [3.05, 3.63) is 92.4 Å². The lowest BCUT2D eigenvalue weighted by Crippen LogP contribution is -2.41. The molecule has 0 fully saturated rings. The molecule has 1 amide bonds. The van der Waals surface area contributed by atoms with Crippen LogP contribution in [-0.2, 0) is 20.6 Å². The number of thioether (sulfide) groups is 1. The second kappa shape index (κ2) is 12.4. The molecule has 34 heavy (non-hydrogen) atoms. The third-order valence-electron chi connectivity index (χ3n) is 4.59. The van der Waals surface area contributed by atoms with Gasteiger partial charge in [-0.3, -0.25) is 9.10 Å². The molecule has 0 aromatic heterocycles. The summed E-state index contributed by atoms with van der Waals surface area (Å²) in [5, 5.41) is 4.44. The number of rotatable bonds is 10. The summed E-state index contributed by atoms with van der Waals surface area (Å²) >= 11 is 25.8. The van der Waals surface area contributed by atoms with Crippen LogP contribution in [0.5, 0.6) is 0 Å². The zero-order valence-electron chi connectivity index (χ0n) is 17.7. The van der Waals surface area contributed by atoms with Crippen LogP contribution in [0.3, 0.4) is 0 Å². The highest BCUT2D eigenvalue weighted by Gasteiger charge is 2.27. The molecule has 11 heteroatoms. The Labute approximate surface area is 223 Å². The standard InChI is InChI=1S/C23H20Cl4N2O3S2/c24-17-7-6-16(22(27)13-17)15-33-9-8-28-23(30)14-29(20-11-18(25)10-19(26)12-20)34(31,32)21-4-2-1-3-5-21/h1-7,10-13H,8-9,14-15H2,(H,28,30). The first-order valence-electron chi connectivity index (χ1n) is 9.99. The third kappa shape index (κ3) is 7.44. The van der Waals surface area contributed by atoms with Crippen LogP contribution < -0.4 is 9.62 Å². The van der Waals surface area contributed by atoms with Crippen molar-refractivity contribution in [2.75, 3.05) is 23.1 Å². The molecule has 0 aliphatic heterocycles. The molecule has 0 bridgehead atoms. The zero-order chi connectivity index (χ0) is 24.7. The van der Waals surface area contributed by atoms with Gasteiger partial charge in [-0.05, 0) is 48.0 Å². The number of nitrogens with zero attached hydrogens (tertiary/aromatic N) is 1. The Kier molecular flexibility index (Phi) is 9.83. The summed E-state index contributed by atoms with van der Waals surface area (Å²) in [7, 11) is -4.04. The Hall–Kier alpha value is -1.61. The number of hydrogen-bond donors (Lipinski definition) is 1. The van der Waals surface area contributed by atoms with Gasteiger partial charge in [-0.2, -0.15) is 11.8 Å². The van der Waals surface area contributed by atoms with Crippen molar-refractivity contribution in [1.82, 2.24) is 5.32 Å². The maximum Gasteiger partial charge on any atom is 0.264 e. The second-order valence-corrected chi connectivity index (χ2v) is 11.8. The van der Waals surface area contributed by atoms with Crippen molar-refractivity contribution in [2.24, 2.45) is 0 Å². The first-order chi connectivity index (χ1) is 16.2. The molecule has 0 saturated heterocycles. The van der Waals surface area contributed by atoms with E-state index in [1.54, 1.807) is 42.1 Å². The van der Waals surface area contributed by atoms with Gasteiger partial charge in [0.05, 0.1) is 10.6 Å². The van der Waals surface area contributed by atoms with E-state index in [1.807, 2.05) is 6.07 Å². The fourth-order valence-corrected chi connectivity index (χ4v) is 6.34. The van der Waals surface area contributed by atoms with Gasteiger partial charge in [-0.1, -0.05) is 70.7 Å². The molecule has 180 valence electrons. The first kappa shape index (κ1) is 27.0. The number of amides is 1. The molecule has 3 rings (SSSR count). The topological polar surface area (TPSA) is 66.5 Å². The lowest BCUT2D eigenvalue weighted by molar-refractivity contribution is -0.119. The van der Waals surface area contributed by atoms with Gasteiger partial charge in [0.2, 0.25) is 5.91 Å². The van der Waals surface area contributed by atoms with Crippen molar-refractivity contribution in [2.45, 2.75) is 10.6 Å². The Morgan fingerprint density at radius 1 is 0.882 bits per heavy atom. The monoisotopic (exact) mass is 576 g/mol. The third-order valence-corrected chi connectivity index (χ3v) is 8.41. The molecule has 0 aliphatic carbocycles. The molecule has 5 nitrogen and oxygen atoms in total. The highest BCUT2D eigenvalue weighted by atomic mass is 35.5. The number of sulfonamides is 1. The predicted octanol–water partition coefficient (Wildman–Crippen LogP) is 6.55. The van der Waals surface area contributed by atoms with Crippen molar-refractivity contribution in [3.63, 3.8) is 0 Å². The van der Waals surface area contributed by atoms with Crippen LogP contribution in [-0.4, -0.2) is 33.2 Å². The van der Waals surface area contributed by atoms with Crippen LogP contribution in [0.1, 0.15) is 5.56 Å². The molecule has 1 N–H and O–H groups in total. The van der Waals surface area contributed by atoms with E-state index in [0.29, 0.717) is 28.1 Å². The summed E-state index contributed by atoms with van der Waals surface area (Å²) in [5.74, 6) is 0.807. The number of benzene rings is 3. The SMILES string of the molecule is O=C(CN(c1cc(Cl)cc(Cl)c1)S(=O)(=O)c1ccccc1)NCCSCc1ccc(Cl)cc1Cl. The van der Waals surface area contributed by atoms with E-state index in [1.165, 1.54) is 30.3 Å². The van der Waals surface area contributed by atoms with Gasteiger partial charge >= 0.3 is 0 Å². The minimum Gasteiger partial charge on any atom is -0.354 e. The summed E-state index contributed by atoms with van der Waals surface area (Å²) in [6, 6.07) is 17.6. The molecule has 0 unspecified atom stereocenters. The van der Waals surface area contributed by atoms with Crippen molar-refractivity contribution >= 4 is 79.8 Å². The predicted molar refractivity (Wildman–Crippen MR) is 143 cm³/mol. The van der Waals surface area contributed by atoms with Crippen LogP contribution >= 0.6 is 58.2 Å².